The molecule has 0 atom stereocenters. The largest absolute Gasteiger partial charge is 0.497 e. The summed E-state index contributed by atoms with van der Waals surface area (Å²) in [5.74, 6) is 2.21. The van der Waals surface area contributed by atoms with Gasteiger partial charge in [-0.2, -0.15) is 0 Å². The van der Waals surface area contributed by atoms with Crippen LogP contribution in [0.2, 0.25) is 0 Å². The number of carbonyl (C=O) groups excluding carboxylic acids is 1. The maximum Gasteiger partial charge on any atom is 0.227 e. The number of methoxy groups -OCH3 is 1. The normalized spacial score (nSPS) is 15.5. The molecule has 5 nitrogen and oxygen atoms in total. The third kappa shape index (κ3) is 3.80. The van der Waals surface area contributed by atoms with E-state index in [2.05, 4.69) is 21.1 Å². The average molecular weight is 393 g/mol. The fourth-order valence-electron chi connectivity index (χ4n) is 3.08. The van der Waals surface area contributed by atoms with Crippen molar-refractivity contribution < 1.29 is 14.1 Å². The van der Waals surface area contributed by atoms with E-state index in [1.807, 2.05) is 36.1 Å². The Hall–Kier alpha value is -1.82. The number of nitrogens with zero attached hydrogens (tertiary/aromatic N) is 2. The molecule has 0 aliphatic carbocycles. The molecule has 0 saturated carbocycles. The van der Waals surface area contributed by atoms with Gasteiger partial charge in [-0.3, -0.25) is 4.79 Å². The minimum Gasteiger partial charge on any atom is -0.497 e. The smallest absolute Gasteiger partial charge is 0.227 e. The molecule has 1 fully saturated rings. The minimum atomic E-state index is 0.149. The van der Waals surface area contributed by atoms with Gasteiger partial charge in [0.1, 0.15) is 11.5 Å². The summed E-state index contributed by atoms with van der Waals surface area (Å²) in [7, 11) is 1.63. The summed E-state index contributed by atoms with van der Waals surface area (Å²) in [5.41, 5.74) is 1.86. The van der Waals surface area contributed by atoms with E-state index >= 15 is 0 Å². The van der Waals surface area contributed by atoms with E-state index in [4.69, 9.17) is 9.26 Å². The van der Waals surface area contributed by atoms with Crippen molar-refractivity contribution in [2.45, 2.75) is 32.1 Å². The molecular formula is C18H21BrN2O3. The van der Waals surface area contributed by atoms with Crippen LogP contribution in [0, 0.1) is 6.92 Å². The predicted molar refractivity (Wildman–Crippen MR) is 94.2 cm³/mol. The van der Waals surface area contributed by atoms with Gasteiger partial charge in [-0.25, -0.2) is 0 Å². The molecule has 1 aromatic heterocycles. The van der Waals surface area contributed by atoms with E-state index in [0.717, 1.165) is 53.2 Å². The summed E-state index contributed by atoms with van der Waals surface area (Å²) in [6.45, 7) is 3.44. The van der Waals surface area contributed by atoms with Crippen LogP contribution in [-0.2, 0) is 11.2 Å². The Morgan fingerprint density at radius 2 is 2.12 bits per heavy atom. The molecule has 1 saturated heterocycles. The Balaban J connectivity index is 1.59. The van der Waals surface area contributed by atoms with Crippen molar-refractivity contribution in [1.82, 2.24) is 10.1 Å². The lowest BCUT2D eigenvalue weighted by atomic mass is 9.94. The first-order chi connectivity index (χ1) is 11.6. The molecule has 1 aromatic carbocycles. The molecule has 2 heterocycles. The molecule has 0 N–H and O–H groups in total. The number of amides is 1. The molecule has 1 aliphatic heterocycles. The van der Waals surface area contributed by atoms with Crippen LogP contribution in [0.15, 0.2) is 33.3 Å². The third-order valence-electron chi connectivity index (χ3n) is 4.49. The molecule has 2 aromatic rings. The van der Waals surface area contributed by atoms with Gasteiger partial charge in [0.2, 0.25) is 5.91 Å². The highest BCUT2D eigenvalue weighted by molar-refractivity contribution is 9.10. The van der Waals surface area contributed by atoms with Gasteiger partial charge in [-0.15, -0.1) is 0 Å². The highest BCUT2D eigenvalue weighted by atomic mass is 79.9. The zero-order chi connectivity index (χ0) is 17.1. The van der Waals surface area contributed by atoms with Gasteiger partial charge in [0, 0.05) is 29.5 Å². The van der Waals surface area contributed by atoms with E-state index < -0.39 is 0 Å². The van der Waals surface area contributed by atoms with Gasteiger partial charge in [0.05, 0.1) is 19.2 Å². The monoisotopic (exact) mass is 392 g/mol. The number of hydrogen-bond acceptors (Lipinski definition) is 4. The standard InChI is InChI=1S/C18H21BrN2O3/c1-12-9-17(24-20-12)13-5-7-21(8-6-13)18(22)11-14-10-15(23-2)3-4-16(14)19/h3-4,9-10,13H,5-8,11H2,1-2H3. The quantitative estimate of drug-likeness (QED) is 0.795. The molecule has 24 heavy (non-hydrogen) atoms. The number of benzene rings is 1. The van der Waals surface area contributed by atoms with E-state index in [1.165, 1.54) is 0 Å². The number of carbonyl (C=O) groups is 1. The van der Waals surface area contributed by atoms with E-state index in [9.17, 15) is 4.79 Å². The molecular weight excluding hydrogens is 372 g/mol. The fourth-order valence-corrected chi connectivity index (χ4v) is 3.46. The van der Waals surface area contributed by atoms with Crippen LogP contribution < -0.4 is 4.74 Å². The van der Waals surface area contributed by atoms with Gasteiger partial charge >= 0.3 is 0 Å². The molecule has 128 valence electrons. The van der Waals surface area contributed by atoms with Crippen molar-refractivity contribution in [3.8, 4) is 5.75 Å². The maximum absolute atomic E-state index is 12.6. The SMILES string of the molecule is COc1ccc(Br)c(CC(=O)N2CCC(c3cc(C)no3)CC2)c1. The van der Waals surface area contributed by atoms with Crippen LogP contribution in [0.4, 0.5) is 0 Å². The van der Waals surface area contributed by atoms with Gasteiger partial charge in [0.25, 0.3) is 0 Å². The summed E-state index contributed by atoms with van der Waals surface area (Å²) in [5, 5.41) is 3.96. The summed E-state index contributed by atoms with van der Waals surface area (Å²) in [6, 6.07) is 7.70. The van der Waals surface area contributed by atoms with Crippen LogP contribution in [0.3, 0.4) is 0 Å². The Bertz CT molecular complexity index is 721. The molecule has 0 radical (unpaired) electrons. The number of ether oxygens (including phenoxy) is 1. The highest BCUT2D eigenvalue weighted by Crippen LogP contribution is 2.29. The summed E-state index contributed by atoms with van der Waals surface area (Å²) in [6.07, 6.45) is 2.21. The van der Waals surface area contributed by atoms with Crippen molar-refractivity contribution in [2.24, 2.45) is 0 Å². The van der Waals surface area contributed by atoms with Crippen molar-refractivity contribution in [1.29, 1.82) is 0 Å². The van der Waals surface area contributed by atoms with Crippen LogP contribution in [0.1, 0.15) is 35.8 Å². The number of likely N-dealkylation sites (tertiary alicyclic amines) is 1. The van der Waals surface area contributed by atoms with Crippen molar-refractivity contribution in [2.75, 3.05) is 20.2 Å². The molecule has 6 heteroatoms. The van der Waals surface area contributed by atoms with Gasteiger partial charge in [-0.05, 0) is 43.5 Å². The molecule has 0 unspecified atom stereocenters. The lowest BCUT2D eigenvalue weighted by molar-refractivity contribution is -0.131. The first-order valence-electron chi connectivity index (χ1n) is 8.10. The summed E-state index contributed by atoms with van der Waals surface area (Å²) < 4.78 is 11.5. The topological polar surface area (TPSA) is 55.6 Å². The number of halogens is 1. The Morgan fingerprint density at radius 1 is 1.38 bits per heavy atom. The highest BCUT2D eigenvalue weighted by Gasteiger charge is 2.26. The number of rotatable bonds is 4. The van der Waals surface area contributed by atoms with Crippen LogP contribution in [-0.4, -0.2) is 36.2 Å². The van der Waals surface area contributed by atoms with Gasteiger partial charge in [0.15, 0.2) is 0 Å². The molecule has 1 aliphatic rings. The second kappa shape index (κ2) is 7.38. The van der Waals surface area contributed by atoms with Crippen molar-refractivity contribution in [3.63, 3.8) is 0 Å². The Morgan fingerprint density at radius 3 is 2.75 bits per heavy atom. The number of aromatic nitrogens is 1. The second-order valence-electron chi connectivity index (χ2n) is 6.16. The number of piperidine rings is 1. The second-order valence-corrected chi connectivity index (χ2v) is 7.01. The molecule has 0 bridgehead atoms. The van der Waals surface area contributed by atoms with Crippen molar-refractivity contribution in [3.05, 3.63) is 45.8 Å². The fraction of sp³-hybridized carbons (Fsp3) is 0.444. The first-order valence-corrected chi connectivity index (χ1v) is 8.89. The third-order valence-corrected chi connectivity index (χ3v) is 5.26. The van der Waals surface area contributed by atoms with Gasteiger partial charge < -0.3 is 14.2 Å². The molecule has 1 amide bonds. The maximum atomic E-state index is 12.6. The van der Waals surface area contributed by atoms with E-state index in [0.29, 0.717) is 12.3 Å². The van der Waals surface area contributed by atoms with Gasteiger partial charge in [-0.1, -0.05) is 21.1 Å². The zero-order valence-electron chi connectivity index (χ0n) is 13.9. The van der Waals surface area contributed by atoms with E-state index in [-0.39, 0.29) is 5.91 Å². The Labute approximate surface area is 150 Å². The van der Waals surface area contributed by atoms with Crippen molar-refractivity contribution >= 4 is 21.8 Å². The predicted octanol–water partition coefficient (Wildman–Crippen LogP) is 3.70. The number of hydrogen-bond donors (Lipinski definition) is 0. The molecule has 3 rings (SSSR count). The van der Waals surface area contributed by atoms with Crippen LogP contribution in [0.5, 0.6) is 5.75 Å². The lowest BCUT2D eigenvalue weighted by Crippen LogP contribution is -2.38. The van der Waals surface area contributed by atoms with Crippen LogP contribution in [0.25, 0.3) is 0 Å². The summed E-state index contributed by atoms with van der Waals surface area (Å²) in [4.78, 5) is 14.5. The Kier molecular flexibility index (Phi) is 5.23. The summed E-state index contributed by atoms with van der Waals surface area (Å²) >= 11 is 3.51. The lowest BCUT2D eigenvalue weighted by Gasteiger charge is -2.31. The molecule has 0 spiro atoms. The zero-order valence-corrected chi connectivity index (χ0v) is 15.5. The minimum absolute atomic E-state index is 0.149. The van der Waals surface area contributed by atoms with Crippen LogP contribution >= 0.6 is 15.9 Å². The van der Waals surface area contributed by atoms with E-state index in [1.54, 1.807) is 7.11 Å². The number of aryl methyl sites for hydroxylation is 1. The first kappa shape index (κ1) is 17.0. The average Bonchev–Trinajstić information content (AvgIpc) is 3.03.